The van der Waals surface area contributed by atoms with Gasteiger partial charge >= 0.3 is 0 Å². The highest BCUT2D eigenvalue weighted by Gasteiger charge is 2.54. The zero-order valence-electron chi connectivity index (χ0n) is 16.2. The van der Waals surface area contributed by atoms with Gasteiger partial charge in [0.2, 0.25) is 11.9 Å². The van der Waals surface area contributed by atoms with Gasteiger partial charge in [0.1, 0.15) is 5.60 Å². The fraction of sp³-hybridized carbons (Fsp3) is 0.647. The number of hydrogen-bond acceptors (Lipinski definition) is 8. The van der Waals surface area contributed by atoms with Crippen LogP contribution in [0.5, 0.6) is 0 Å². The summed E-state index contributed by atoms with van der Waals surface area (Å²) in [6, 6.07) is 0. The number of nitrogens with zero attached hydrogens (tertiary/aromatic N) is 4. The molecule has 0 radical (unpaired) electrons. The Bertz CT molecular complexity index is 869. The van der Waals surface area contributed by atoms with Gasteiger partial charge in [-0.15, -0.1) is 0 Å². The van der Waals surface area contributed by atoms with Crippen molar-refractivity contribution in [2.24, 2.45) is 11.8 Å². The van der Waals surface area contributed by atoms with Gasteiger partial charge in [0.15, 0.2) is 29.4 Å². The van der Waals surface area contributed by atoms with Crippen LogP contribution in [0, 0.1) is 11.8 Å². The van der Waals surface area contributed by atoms with Crippen molar-refractivity contribution in [2.75, 3.05) is 30.9 Å². The lowest BCUT2D eigenvalue weighted by atomic mass is 9.89. The topological polar surface area (TPSA) is 134 Å². The first-order valence-electron chi connectivity index (χ1n) is 9.04. The minimum absolute atomic E-state index is 0.0503. The van der Waals surface area contributed by atoms with Gasteiger partial charge < -0.3 is 20.3 Å². The first kappa shape index (κ1) is 20.4. The number of anilines is 2. The van der Waals surface area contributed by atoms with E-state index in [1.165, 1.54) is 10.9 Å². The van der Waals surface area contributed by atoms with Crippen molar-refractivity contribution in [3.05, 3.63) is 6.33 Å². The number of rotatable bonds is 6. The molecular formula is C17H25FN6O4. The van der Waals surface area contributed by atoms with Crippen molar-refractivity contribution < 1.29 is 24.1 Å². The molecule has 0 saturated carbocycles. The SMILES string of the molecule is CNc1nc(NC(=O)C(C)C)nc2c1ncn2[C@@H]1OC(CO)(CO)[C@@H](C)[C@H]1F. The van der Waals surface area contributed by atoms with Gasteiger partial charge in [0, 0.05) is 18.9 Å². The van der Waals surface area contributed by atoms with Crippen molar-refractivity contribution >= 4 is 28.8 Å². The van der Waals surface area contributed by atoms with Crippen LogP contribution in [0.3, 0.4) is 0 Å². The predicted molar refractivity (Wildman–Crippen MR) is 99.4 cm³/mol. The van der Waals surface area contributed by atoms with Crippen molar-refractivity contribution in [1.82, 2.24) is 19.5 Å². The number of aromatic nitrogens is 4. The maximum atomic E-state index is 15.0. The van der Waals surface area contributed by atoms with Crippen LogP contribution in [-0.2, 0) is 9.53 Å². The lowest BCUT2D eigenvalue weighted by molar-refractivity contribution is -0.134. The van der Waals surface area contributed by atoms with Crippen LogP contribution in [-0.4, -0.2) is 67.7 Å². The van der Waals surface area contributed by atoms with Gasteiger partial charge in [-0.3, -0.25) is 14.7 Å². The molecule has 3 heterocycles. The standard InChI is InChI=1S/C17H25FN6O4/c1-8(2)14(27)23-16-21-12(19-4)11-13(22-16)24(7-20-11)15-10(18)9(3)17(5-25,6-26)28-15/h7-10,15,25-26H,5-6H2,1-4H3,(H2,19,21,22,23,27)/t9-,10+,15+/m0/s1. The van der Waals surface area contributed by atoms with E-state index in [9.17, 15) is 15.0 Å². The molecule has 10 nitrogen and oxygen atoms in total. The average molecular weight is 396 g/mol. The Hall–Kier alpha value is -2.37. The summed E-state index contributed by atoms with van der Waals surface area (Å²) in [5.74, 6) is -0.878. The van der Waals surface area contributed by atoms with Crippen LogP contribution < -0.4 is 10.6 Å². The van der Waals surface area contributed by atoms with Gasteiger partial charge in [-0.05, 0) is 0 Å². The normalized spacial score (nSPS) is 24.1. The molecule has 1 aliphatic heterocycles. The number of carbonyl (C=O) groups is 1. The molecule has 11 heteroatoms. The predicted octanol–water partition coefficient (Wildman–Crippen LogP) is 0.689. The van der Waals surface area contributed by atoms with Crippen LogP contribution in [0.25, 0.3) is 11.2 Å². The lowest BCUT2D eigenvalue weighted by Crippen LogP contribution is -2.43. The van der Waals surface area contributed by atoms with E-state index in [0.29, 0.717) is 11.3 Å². The number of imidazole rings is 1. The molecule has 154 valence electrons. The number of ether oxygens (including phenoxy) is 1. The molecule has 0 spiro atoms. The van der Waals surface area contributed by atoms with Gasteiger partial charge in [0.05, 0.1) is 19.5 Å². The number of carbonyl (C=O) groups excluding carboxylic acids is 1. The van der Waals surface area contributed by atoms with E-state index in [2.05, 4.69) is 25.6 Å². The van der Waals surface area contributed by atoms with Crippen LogP contribution in [0.1, 0.15) is 27.0 Å². The summed E-state index contributed by atoms with van der Waals surface area (Å²) in [6.07, 6.45) is -1.30. The Kier molecular flexibility index (Phi) is 5.50. The summed E-state index contributed by atoms with van der Waals surface area (Å²) in [5.41, 5.74) is -0.780. The minimum Gasteiger partial charge on any atom is -0.393 e. The van der Waals surface area contributed by atoms with Crippen molar-refractivity contribution in [3.63, 3.8) is 0 Å². The zero-order chi connectivity index (χ0) is 20.6. The second-order valence-electron chi connectivity index (χ2n) is 7.24. The molecule has 1 fully saturated rings. The largest absolute Gasteiger partial charge is 0.393 e. The Morgan fingerprint density at radius 1 is 1.39 bits per heavy atom. The lowest BCUT2D eigenvalue weighted by Gasteiger charge is -2.28. The Labute approximate surface area is 161 Å². The Morgan fingerprint density at radius 3 is 2.61 bits per heavy atom. The summed E-state index contributed by atoms with van der Waals surface area (Å²) in [4.78, 5) is 24.8. The van der Waals surface area contributed by atoms with Gasteiger partial charge in [-0.2, -0.15) is 9.97 Å². The molecule has 2 aromatic rings. The minimum atomic E-state index is -1.52. The fourth-order valence-corrected chi connectivity index (χ4v) is 3.16. The highest BCUT2D eigenvalue weighted by atomic mass is 19.1. The van der Waals surface area contributed by atoms with E-state index in [1.807, 2.05) is 0 Å². The molecule has 1 saturated heterocycles. The zero-order valence-corrected chi connectivity index (χ0v) is 16.2. The third-order valence-corrected chi connectivity index (χ3v) is 5.16. The molecule has 28 heavy (non-hydrogen) atoms. The van der Waals surface area contributed by atoms with Crippen LogP contribution >= 0.6 is 0 Å². The highest BCUT2D eigenvalue weighted by molar-refractivity contribution is 5.92. The number of fused-ring (bicyclic) bond motifs is 1. The Balaban J connectivity index is 2.06. The van der Waals surface area contributed by atoms with E-state index in [0.717, 1.165) is 0 Å². The molecule has 0 aromatic carbocycles. The number of amides is 1. The first-order valence-corrected chi connectivity index (χ1v) is 9.04. The van der Waals surface area contributed by atoms with Crippen LogP contribution in [0.4, 0.5) is 16.2 Å². The second kappa shape index (κ2) is 7.57. The number of alkyl halides is 1. The summed E-state index contributed by atoms with van der Waals surface area (Å²) in [5, 5.41) is 24.8. The molecule has 1 amide bonds. The molecular weight excluding hydrogens is 371 g/mol. The molecule has 3 atom stereocenters. The number of nitrogens with one attached hydrogen (secondary N) is 2. The van der Waals surface area contributed by atoms with Crippen molar-refractivity contribution in [1.29, 1.82) is 0 Å². The number of aliphatic hydroxyl groups is 2. The summed E-state index contributed by atoms with van der Waals surface area (Å²) in [7, 11) is 1.64. The van der Waals surface area contributed by atoms with Crippen LogP contribution in [0.2, 0.25) is 0 Å². The smallest absolute Gasteiger partial charge is 0.233 e. The summed E-state index contributed by atoms with van der Waals surface area (Å²) < 4.78 is 22.1. The number of aliphatic hydroxyl groups excluding tert-OH is 2. The van der Waals surface area contributed by atoms with E-state index in [1.54, 1.807) is 27.8 Å². The van der Waals surface area contributed by atoms with Gasteiger partial charge in [-0.1, -0.05) is 20.8 Å². The fourth-order valence-electron chi connectivity index (χ4n) is 3.16. The molecule has 4 N–H and O–H groups in total. The van der Waals surface area contributed by atoms with Crippen LogP contribution in [0.15, 0.2) is 6.33 Å². The third-order valence-electron chi connectivity index (χ3n) is 5.16. The summed E-state index contributed by atoms with van der Waals surface area (Å²) >= 11 is 0. The molecule has 2 aromatic heterocycles. The van der Waals surface area contributed by atoms with E-state index in [-0.39, 0.29) is 23.4 Å². The maximum Gasteiger partial charge on any atom is 0.233 e. The molecule has 0 bridgehead atoms. The van der Waals surface area contributed by atoms with E-state index < -0.39 is 37.1 Å². The molecule has 3 rings (SSSR count). The average Bonchev–Trinajstić information content (AvgIpc) is 3.21. The van der Waals surface area contributed by atoms with Crippen molar-refractivity contribution in [2.45, 2.75) is 38.8 Å². The second-order valence-corrected chi connectivity index (χ2v) is 7.24. The molecule has 0 aliphatic carbocycles. The summed E-state index contributed by atoms with van der Waals surface area (Å²) in [6.45, 7) is 3.99. The van der Waals surface area contributed by atoms with Gasteiger partial charge in [0.25, 0.3) is 0 Å². The number of halogens is 1. The Morgan fingerprint density at radius 2 is 2.07 bits per heavy atom. The van der Waals surface area contributed by atoms with E-state index in [4.69, 9.17) is 4.74 Å². The maximum absolute atomic E-state index is 15.0. The monoisotopic (exact) mass is 396 g/mol. The van der Waals surface area contributed by atoms with Gasteiger partial charge in [-0.25, -0.2) is 9.37 Å². The quantitative estimate of drug-likeness (QED) is 0.560. The van der Waals surface area contributed by atoms with Crippen molar-refractivity contribution in [3.8, 4) is 0 Å². The number of hydrogen-bond donors (Lipinski definition) is 4. The highest BCUT2D eigenvalue weighted by Crippen LogP contribution is 2.44. The molecule has 0 unspecified atom stereocenters. The third kappa shape index (κ3) is 3.19. The molecule has 1 aliphatic rings. The first-order chi connectivity index (χ1) is 13.3. The van der Waals surface area contributed by atoms with E-state index >= 15 is 4.39 Å².